The zero-order valence-corrected chi connectivity index (χ0v) is 16.6. The molecule has 0 radical (unpaired) electrons. The molecule has 11 heteroatoms. The number of hydrogen-bond acceptors (Lipinski definition) is 10. The van der Waals surface area contributed by atoms with Crippen LogP contribution < -0.4 is 20.3 Å². The van der Waals surface area contributed by atoms with Crippen molar-refractivity contribution in [2.75, 3.05) is 56.7 Å². The highest BCUT2D eigenvalue weighted by Crippen LogP contribution is 2.31. The molecule has 0 unspecified atom stereocenters. The van der Waals surface area contributed by atoms with E-state index in [-0.39, 0.29) is 0 Å². The summed E-state index contributed by atoms with van der Waals surface area (Å²) in [5, 5.41) is 11.2. The van der Waals surface area contributed by atoms with Gasteiger partial charge in [0.2, 0.25) is 5.95 Å². The first-order chi connectivity index (χ1) is 14.3. The Hall–Kier alpha value is -3.05. The van der Waals surface area contributed by atoms with Gasteiger partial charge < -0.3 is 25.0 Å². The van der Waals surface area contributed by atoms with Gasteiger partial charge in [-0.1, -0.05) is 0 Å². The number of hydrogen-bond donors (Lipinski definition) is 2. The zero-order valence-electron chi connectivity index (χ0n) is 16.6. The molecule has 1 aliphatic heterocycles. The van der Waals surface area contributed by atoms with Crippen LogP contribution in [0.5, 0.6) is 5.88 Å². The quantitative estimate of drug-likeness (QED) is 0.527. The topological polar surface area (TPSA) is 115 Å². The molecular weight excluding hydrogens is 374 g/mol. The Balaban J connectivity index is 1.80. The van der Waals surface area contributed by atoms with Gasteiger partial charge in [0, 0.05) is 39.0 Å². The van der Waals surface area contributed by atoms with Gasteiger partial charge in [-0.05, 0) is 13.0 Å². The van der Waals surface area contributed by atoms with Crippen molar-refractivity contribution in [1.82, 2.24) is 35.0 Å². The third-order valence-electron chi connectivity index (χ3n) is 4.62. The van der Waals surface area contributed by atoms with Crippen molar-refractivity contribution < 1.29 is 9.47 Å². The lowest BCUT2D eigenvalue weighted by atomic mass is 10.3. The molecule has 0 aliphatic carbocycles. The number of methoxy groups -OCH3 is 1. The number of ether oxygens (including phenoxy) is 2. The lowest BCUT2D eigenvalue weighted by Crippen LogP contribution is -2.44. The first-order valence-electron chi connectivity index (χ1n) is 9.69. The fourth-order valence-corrected chi connectivity index (χ4v) is 3.22. The Morgan fingerprint density at radius 3 is 2.83 bits per heavy atom. The van der Waals surface area contributed by atoms with E-state index in [4.69, 9.17) is 19.4 Å². The second kappa shape index (κ2) is 8.97. The lowest BCUT2D eigenvalue weighted by Gasteiger charge is -2.27. The van der Waals surface area contributed by atoms with Gasteiger partial charge in [-0.3, -0.25) is 4.68 Å². The van der Waals surface area contributed by atoms with E-state index in [0.29, 0.717) is 48.7 Å². The average Bonchev–Trinajstić information content (AvgIpc) is 3.13. The highest BCUT2D eigenvalue weighted by atomic mass is 16.5. The summed E-state index contributed by atoms with van der Waals surface area (Å²) in [6.07, 6.45) is 3.17. The molecule has 0 atom stereocenters. The largest absolute Gasteiger partial charge is 0.478 e. The first kappa shape index (κ1) is 19.3. The number of nitrogens with zero attached hydrogens (tertiary/aromatic N) is 7. The molecule has 29 heavy (non-hydrogen) atoms. The average molecular weight is 399 g/mol. The molecule has 154 valence electrons. The highest BCUT2D eigenvalue weighted by molar-refractivity contribution is 5.92. The van der Waals surface area contributed by atoms with Crippen molar-refractivity contribution in [2.24, 2.45) is 0 Å². The molecule has 1 aliphatic rings. The normalized spacial score (nSPS) is 14.3. The summed E-state index contributed by atoms with van der Waals surface area (Å²) in [6.45, 7) is 7.14. The van der Waals surface area contributed by atoms with Crippen LogP contribution in [0.1, 0.15) is 6.92 Å². The third kappa shape index (κ3) is 4.20. The van der Waals surface area contributed by atoms with E-state index >= 15 is 0 Å². The number of piperazine rings is 1. The Morgan fingerprint density at radius 1 is 1.24 bits per heavy atom. The van der Waals surface area contributed by atoms with Crippen LogP contribution in [0.15, 0.2) is 18.6 Å². The van der Waals surface area contributed by atoms with Gasteiger partial charge in [0.15, 0.2) is 11.3 Å². The Labute approximate surface area is 168 Å². The number of aromatic nitrogens is 6. The highest BCUT2D eigenvalue weighted by Gasteiger charge is 2.23. The van der Waals surface area contributed by atoms with E-state index in [1.54, 1.807) is 19.4 Å². The van der Waals surface area contributed by atoms with Crippen LogP contribution in [0.2, 0.25) is 0 Å². The molecule has 4 rings (SSSR count). The van der Waals surface area contributed by atoms with E-state index in [9.17, 15) is 0 Å². The van der Waals surface area contributed by atoms with Gasteiger partial charge in [-0.25, -0.2) is 15.0 Å². The van der Waals surface area contributed by atoms with Crippen molar-refractivity contribution in [3.63, 3.8) is 0 Å². The molecule has 0 spiro atoms. The Bertz CT molecular complexity index is 941. The predicted octanol–water partition coefficient (Wildman–Crippen LogP) is 0.815. The molecule has 1 saturated heterocycles. The molecule has 11 nitrogen and oxygen atoms in total. The van der Waals surface area contributed by atoms with E-state index in [1.165, 1.54) is 6.33 Å². The maximum absolute atomic E-state index is 5.51. The number of anilines is 3. The molecule has 0 saturated carbocycles. The van der Waals surface area contributed by atoms with Gasteiger partial charge >= 0.3 is 0 Å². The SMILES string of the molecule is CCOCCn1nc(OC)c2nc(N3CCNCC3)nc(Nc3ccncn3)c21. The molecule has 0 amide bonds. The maximum Gasteiger partial charge on any atom is 0.259 e. The monoisotopic (exact) mass is 399 g/mol. The minimum absolute atomic E-state index is 0.459. The van der Waals surface area contributed by atoms with E-state index < -0.39 is 0 Å². The standard InChI is InChI=1S/C18H25N9O2/c1-3-29-11-10-27-15-14(17(25-27)28-2)23-18(26-8-6-19-7-9-26)24-16(15)22-13-4-5-20-12-21-13/h4-5,12,19H,3,6-11H2,1-2H3,(H,20,21,22,23,24). The van der Waals surface area contributed by atoms with Gasteiger partial charge in [0.25, 0.3) is 5.88 Å². The molecule has 3 aromatic heterocycles. The number of nitrogens with one attached hydrogen (secondary N) is 2. The van der Waals surface area contributed by atoms with Crippen LogP contribution in [-0.4, -0.2) is 76.2 Å². The molecule has 3 aromatic rings. The summed E-state index contributed by atoms with van der Waals surface area (Å²) in [5.41, 5.74) is 1.41. The van der Waals surface area contributed by atoms with Crippen LogP contribution in [0.4, 0.5) is 17.6 Å². The summed E-state index contributed by atoms with van der Waals surface area (Å²) in [6, 6.07) is 1.79. The molecule has 4 heterocycles. The fraction of sp³-hybridized carbons (Fsp3) is 0.500. The van der Waals surface area contributed by atoms with Crippen molar-refractivity contribution in [3.8, 4) is 5.88 Å². The smallest absolute Gasteiger partial charge is 0.259 e. The lowest BCUT2D eigenvalue weighted by molar-refractivity contribution is 0.137. The van der Waals surface area contributed by atoms with Crippen molar-refractivity contribution in [3.05, 3.63) is 18.6 Å². The zero-order chi connectivity index (χ0) is 20.1. The second-order valence-electron chi connectivity index (χ2n) is 6.46. The second-order valence-corrected chi connectivity index (χ2v) is 6.46. The first-order valence-corrected chi connectivity index (χ1v) is 9.69. The maximum atomic E-state index is 5.51. The van der Waals surface area contributed by atoms with Crippen molar-refractivity contribution in [2.45, 2.75) is 13.5 Å². The molecule has 1 fully saturated rings. The van der Waals surface area contributed by atoms with Crippen LogP contribution in [-0.2, 0) is 11.3 Å². The van der Waals surface area contributed by atoms with E-state index in [1.807, 2.05) is 11.6 Å². The number of fused-ring (bicyclic) bond motifs is 1. The molecule has 2 N–H and O–H groups in total. The summed E-state index contributed by atoms with van der Waals surface area (Å²) < 4.78 is 12.8. The minimum atomic E-state index is 0.459. The van der Waals surface area contributed by atoms with Crippen LogP contribution in [0.25, 0.3) is 11.0 Å². The Morgan fingerprint density at radius 2 is 2.10 bits per heavy atom. The van der Waals surface area contributed by atoms with Gasteiger partial charge in [-0.2, -0.15) is 4.98 Å². The predicted molar refractivity (Wildman–Crippen MR) is 109 cm³/mol. The minimum Gasteiger partial charge on any atom is -0.478 e. The molecule has 0 bridgehead atoms. The van der Waals surface area contributed by atoms with E-state index in [2.05, 4.69) is 30.6 Å². The van der Waals surface area contributed by atoms with Gasteiger partial charge in [0.05, 0.1) is 20.3 Å². The Kier molecular flexibility index (Phi) is 5.96. The van der Waals surface area contributed by atoms with Crippen LogP contribution >= 0.6 is 0 Å². The van der Waals surface area contributed by atoms with Crippen molar-refractivity contribution >= 4 is 28.6 Å². The molecular formula is C18H25N9O2. The van der Waals surface area contributed by atoms with Gasteiger partial charge in [-0.15, -0.1) is 5.10 Å². The third-order valence-corrected chi connectivity index (χ3v) is 4.62. The summed E-state index contributed by atoms with van der Waals surface area (Å²) in [5.74, 6) is 2.36. The van der Waals surface area contributed by atoms with Gasteiger partial charge in [0.1, 0.15) is 17.7 Å². The van der Waals surface area contributed by atoms with Crippen LogP contribution in [0.3, 0.4) is 0 Å². The van der Waals surface area contributed by atoms with Crippen molar-refractivity contribution in [1.29, 1.82) is 0 Å². The molecule has 0 aromatic carbocycles. The van der Waals surface area contributed by atoms with Crippen LogP contribution in [0, 0.1) is 0 Å². The number of rotatable bonds is 8. The summed E-state index contributed by atoms with van der Waals surface area (Å²) >= 11 is 0. The fourth-order valence-electron chi connectivity index (χ4n) is 3.22. The summed E-state index contributed by atoms with van der Waals surface area (Å²) in [4.78, 5) is 20.0. The van der Waals surface area contributed by atoms with E-state index in [0.717, 1.165) is 31.7 Å². The summed E-state index contributed by atoms with van der Waals surface area (Å²) in [7, 11) is 1.60.